The number of rotatable bonds is 7. The van der Waals surface area contributed by atoms with Gasteiger partial charge in [0.1, 0.15) is 0 Å². The minimum Gasteiger partial charge on any atom is -0.237 e. The summed E-state index contributed by atoms with van der Waals surface area (Å²) in [5.41, 5.74) is 15.3. The van der Waals surface area contributed by atoms with Crippen LogP contribution in [0.1, 0.15) is 11.7 Å². The molecule has 0 unspecified atom stereocenters. The molecule has 0 amide bonds. The van der Waals surface area contributed by atoms with E-state index >= 15 is 0 Å². The molecule has 0 aliphatic heterocycles. The van der Waals surface area contributed by atoms with E-state index < -0.39 is 26.2 Å². The maximum absolute atomic E-state index is 13.4. The Kier molecular flexibility index (Phi) is 5.61. The number of sulfonamides is 1. The smallest absolute Gasteiger partial charge is 0.237 e. The molecule has 0 aliphatic carbocycles. The van der Waals surface area contributed by atoms with Gasteiger partial charge in [0.25, 0.3) is 10.0 Å². The summed E-state index contributed by atoms with van der Waals surface area (Å²) in [5, 5.41) is 12.3. The van der Waals surface area contributed by atoms with Crippen molar-refractivity contribution in [1.82, 2.24) is 8.96 Å². The lowest BCUT2D eigenvalue weighted by molar-refractivity contribution is 0.587. The van der Waals surface area contributed by atoms with E-state index in [-0.39, 0.29) is 26.6 Å². The van der Waals surface area contributed by atoms with E-state index in [1.165, 1.54) is 42.7 Å². The Bertz CT molecular complexity index is 1590. The number of nitrogens with one attached hydrogen (secondary N) is 2. The molecular formula is C20H17N7O4S2. The number of fused-ring (bicyclic) bond motifs is 1. The second kappa shape index (κ2) is 8.27. The summed E-state index contributed by atoms with van der Waals surface area (Å²) in [6.45, 7) is 0. The summed E-state index contributed by atoms with van der Waals surface area (Å²) in [6, 6.07) is 15.2. The van der Waals surface area contributed by atoms with Crippen molar-refractivity contribution in [2.75, 3.05) is 0 Å². The molecule has 0 aliphatic rings. The second-order valence-electron chi connectivity index (χ2n) is 6.93. The van der Waals surface area contributed by atoms with E-state index in [0.29, 0.717) is 10.9 Å². The molecule has 4 aromatic rings. The van der Waals surface area contributed by atoms with Crippen LogP contribution in [0, 0.1) is 11.1 Å². The third-order valence-corrected chi connectivity index (χ3v) is 7.63. The molecule has 0 saturated carbocycles. The van der Waals surface area contributed by atoms with Gasteiger partial charge < -0.3 is 0 Å². The second-order valence-corrected chi connectivity index (χ2v) is 10.3. The van der Waals surface area contributed by atoms with Gasteiger partial charge in [0.2, 0.25) is 16.2 Å². The highest BCUT2D eigenvalue weighted by Gasteiger charge is 2.28. The van der Waals surface area contributed by atoms with Crippen molar-refractivity contribution in [1.29, 1.82) is 11.1 Å². The fourth-order valence-electron chi connectivity index (χ4n) is 3.59. The molecule has 0 saturated heterocycles. The van der Waals surface area contributed by atoms with Crippen molar-refractivity contribution in [3.05, 3.63) is 78.6 Å². The van der Waals surface area contributed by atoms with E-state index in [9.17, 15) is 16.8 Å². The first-order chi connectivity index (χ1) is 15.7. The lowest BCUT2D eigenvalue weighted by Gasteiger charge is -2.15. The average molecular weight is 484 g/mol. The van der Waals surface area contributed by atoms with Crippen LogP contribution in [0.5, 0.6) is 0 Å². The predicted molar refractivity (Wildman–Crippen MR) is 119 cm³/mol. The average Bonchev–Trinajstić information content (AvgIpc) is 3.20. The molecule has 168 valence electrons. The molecule has 2 heterocycles. The number of benzene rings is 2. The Morgan fingerprint density at radius 2 is 1.58 bits per heavy atom. The summed E-state index contributed by atoms with van der Waals surface area (Å²) in [5.74, 6) is 0. The number of primary sulfonamides is 1. The van der Waals surface area contributed by atoms with Crippen molar-refractivity contribution in [2.45, 2.75) is 16.0 Å². The first-order valence-corrected chi connectivity index (χ1v) is 12.3. The summed E-state index contributed by atoms with van der Waals surface area (Å²) in [6.07, 6.45) is 1.26. The quantitative estimate of drug-likeness (QED) is 0.338. The molecule has 0 spiro atoms. The molecule has 4 rings (SSSR count). The van der Waals surface area contributed by atoms with E-state index in [0.717, 1.165) is 3.97 Å². The summed E-state index contributed by atoms with van der Waals surface area (Å²) < 4.78 is 52.2. The maximum Gasteiger partial charge on any atom is 0.269 e. The van der Waals surface area contributed by atoms with Crippen molar-refractivity contribution in [3.63, 3.8) is 0 Å². The highest BCUT2D eigenvalue weighted by molar-refractivity contribution is 7.90. The van der Waals surface area contributed by atoms with Crippen LogP contribution in [0.3, 0.4) is 0 Å². The van der Waals surface area contributed by atoms with Crippen molar-refractivity contribution >= 4 is 31.1 Å². The van der Waals surface area contributed by atoms with Crippen LogP contribution >= 0.6 is 0 Å². The van der Waals surface area contributed by atoms with Gasteiger partial charge in [-0.15, -0.1) is 0 Å². The first-order valence-electron chi connectivity index (χ1n) is 9.36. The molecule has 2 aromatic heterocycles. The number of hydrogen-bond donors (Lipinski definition) is 3. The Hall–Kier alpha value is -3.81. The highest BCUT2D eigenvalue weighted by atomic mass is 32.2. The van der Waals surface area contributed by atoms with Gasteiger partial charge in [0, 0.05) is 28.9 Å². The van der Waals surface area contributed by atoms with Gasteiger partial charge in [0.05, 0.1) is 9.79 Å². The standard InChI is InChI=1S/C20H17N7O4S2/c21-25-19(26-22)18-14(8-4-10-17(18)32(23,28)29)16-12-27(20-15(16)9-5-11-24-20)33(30,31)13-6-2-1-3-7-13/h1-12,19,21-22H,(H2,23,28,29). The third kappa shape index (κ3) is 3.82. The number of nitrogens with zero attached hydrogens (tertiary/aromatic N) is 4. The van der Waals surface area contributed by atoms with Gasteiger partial charge in [-0.25, -0.2) is 42.0 Å². The lowest BCUT2D eigenvalue weighted by Crippen LogP contribution is -2.16. The third-order valence-electron chi connectivity index (χ3n) is 5.00. The van der Waals surface area contributed by atoms with Gasteiger partial charge in [-0.05, 0) is 35.9 Å². The van der Waals surface area contributed by atoms with Gasteiger partial charge >= 0.3 is 0 Å². The van der Waals surface area contributed by atoms with Crippen LogP contribution in [0.15, 0.2) is 93.1 Å². The van der Waals surface area contributed by atoms with Gasteiger partial charge in [0.15, 0.2) is 5.65 Å². The maximum atomic E-state index is 13.4. The zero-order chi connectivity index (χ0) is 23.8. The normalized spacial score (nSPS) is 13.0. The van der Waals surface area contributed by atoms with Crippen LogP contribution in [0.2, 0.25) is 0 Å². The van der Waals surface area contributed by atoms with E-state index in [1.54, 1.807) is 30.3 Å². The molecule has 33 heavy (non-hydrogen) atoms. The lowest BCUT2D eigenvalue weighted by atomic mass is 9.98. The molecular weight excluding hydrogens is 466 g/mol. The largest absolute Gasteiger partial charge is 0.269 e. The van der Waals surface area contributed by atoms with Crippen LogP contribution in [0.4, 0.5) is 0 Å². The minimum absolute atomic E-state index is 0.0396. The van der Waals surface area contributed by atoms with E-state index in [4.69, 9.17) is 16.2 Å². The molecule has 0 radical (unpaired) electrons. The summed E-state index contributed by atoms with van der Waals surface area (Å²) in [7, 11) is -8.32. The number of pyridine rings is 1. The van der Waals surface area contributed by atoms with E-state index in [2.05, 4.69) is 15.2 Å². The van der Waals surface area contributed by atoms with Gasteiger partial charge in [-0.3, -0.25) is 0 Å². The van der Waals surface area contributed by atoms with Crippen molar-refractivity contribution in [2.24, 2.45) is 15.4 Å². The highest BCUT2D eigenvalue weighted by Crippen LogP contribution is 2.39. The first kappa shape index (κ1) is 22.4. The Balaban J connectivity index is 2.10. The zero-order valence-electron chi connectivity index (χ0n) is 16.8. The van der Waals surface area contributed by atoms with Gasteiger partial charge in [-0.1, -0.05) is 30.3 Å². The molecule has 0 atom stereocenters. The number of hydrogen-bond acceptors (Lipinski definition) is 9. The number of nitrogens with two attached hydrogens (primary N) is 1. The van der Waals surface area contributed by atoms with Gasteiger partial charge in [-0.2, -0.15) is 10.2 Å². The molecule has 0 bridgehead atoms. The molecule has 13 heteroatoms. The monoisotopic (exact) mass is 483 g/mol. The molecule has 11 nitrogen and oxygen atoms in total. The molecule has 0 fully saturated rings. The fraction of sp³-hybridized carbons (Fsp3) is 0.0500. The van der Waals surface area contributed by atoms with Crippen molar-refractivity contribution < 1.29 is 16.8 Å². The minimum atomic E-state index is -4.27. The topological polar surface area (TPSA) is 185 Å². The predicted octanol–water partition coefficient (Wildman–Crippen LogP) is 3.65. The SMILES string of the molecule is N=NC(N=N)c1c(-c2cn(S(=O)(=O)c3ccccc3)c3ncccc23)cccc1S(N)(=O)=O. The zero-order valence-corrected chi connectivity index (χ0v) is 18.5. The van der Waals surface area contributed by atoms with Crippen molar-refractivity contribution in [3.8, 4) is 11.1 Å². The van der Waals surface area contributed by atoms with Crippen LogP contribution in [-0.4, -0.2) is 25.8 Å². The van der Waals surface area contributed by atoms with Crippen LogP contribution in [0.25, 0.3) is 22.2 Å². The van der Waals surface area contributed by atoms with Crippen LogP contribution < -0.4 is 5.14 Å². The Labute approximate surface area is 189 Å². The number of aromatic nitrogens is 2. The van der Waals surface area contributed by atoms with E-state index in [1.807, 2.05) is 0 Å². The molecule has 4 N–H and O–H groups in total. The van der Waals surface area contributed by atoms with Crippen LogP contribution in [-0.2, 0) is 20.0 Å². The summed E-state index contributed by atoms with van der Waals surface area (Å²) in [4.78, 5) is 3.90. The fourth-order valence-corrected chi connectivity index (χ4v) is 5.72. The summed E-state index contributed by atoms with van der Waals surface area (Å²) >= 11 is 0. The Morgan fingerprint density at radius 3 is 2.21 bits per heavy atom. The Morgan fingerprint density at radius 1 is 0.879 bits per heavy atom. The molecule has 2 aromatic carbocycles.